The molecule has 0 spiro atoms. The lowest BCUT2D eigenvalue weighted by atomic mass is 9.92. The fraction of sp³-hybridized carbons (Fsp3) is 0.0545. The van der Waals surface area contributed by atoms with Crippen molar-refractivity contribution in [2.75, 3.05) is 0 Å². The molecule has 0 bridgehead atoms. The van der Waals surface area contributed by atoms with E-state index in [9.17, 15) is 0 Å². The van der Waals surface area contributed by atoms with Gasteiger partial charge in [-0.05, 0) is 111 Å². The van der Waals surface area contributed by atoms with Crippen LogP contribution in [0.25, 0.3) is 66.4 Å². The second-order valence-corrected chi connectivity index (χ2v) is 15.3. The molecular formula is C55H41N5. The minimum atomic E-state index is -0.383. The third kappa shape index (κ3) is 7.41. The number of aromatic nitrogens is 2. The standard InChI is InChI=1S/C55H41N5/c1-36-17-30-50(37(2)57-36)43-24-28-45(29-25-43)54-58-53(44-26-22-40(23-27-44)46-14-9-31-56-35-46)59-55(60-54)49-33-47(41-20-18-39(19-21-41)38-10-4-3-5-11-38)32-48(34-49)52-16-8-13-42-12-6-7-15-51(42)52/h3-35,54H,1-2H3,(H,58,59,60). The number of hydrogen-bond acceptors (Lipinski definition) is 5. The summed E-state index contributed by atoms with van der Waals surface area (Å²) in [4.78, 5) is 19.6. The zero-order valence-corrected chi connectivity index (χ0v) is 33.4. The van der Waals surface area contributed by atoms with Crippen LogP contribution in [0, 0.1) is 13.8 Å². The number of hydrogen-bond donors (Lipinski definition) is 1. The third-order valence-corrected chi connectivity index (χ3v) is 11.3. The van der Waals surface area contributed by atoms with E-state index in [1.165, 1.54) is 27.5 Å². The number of pyridine rings is 2. The smallest absolute Gasteiger partial charge is 0.159 e. The lowest BCUT2D eigenvalue weighted by molar-refractivity contribution is 0.674. The van der Waals surface area contributed by atoms with Gasteiger partial charge >= 0.3 is 0 Å². The second-order valence-electron chi connectivity index (χ2n) is 15.3. The first-order chi connectivity index (χ1) is 29.5. The summed E-state index contributed by atoms with van der Waals surface area (Å²) in [5.41, 5.74) is 16.3. The Labute approximate surface area is 350 Å². The number of nitrogens with zero attached hydrogens (tertiary/aromatic N) is 4. The van der Waals surface area contributed by atoms with Gasteiger partial charge in [0.1, 0.15) is 12.0 Å². The normalized spacial score (nSPS) is 13.7. The van der Waals surface area contributed by atoms with Crippen LogP contribution >= 0.6 is 0 Å². The molecule has 1 unspecified atom stereocenters. The molecule has 2 aromatic heterocycles. The minimum absolute atomic E-state index is 0.383. The molecule has 7 aromatic carbocycles. The van der Waals surface area contributed by atoms with Crippen LogP contribution in [0.3, 0.4) is 0 Å². The number of aliphatic imine (C=N–C) groups is 2. The van der Waals surface area contributed by atoms with Gasteiger partial charge in [0.05, 0.1) is 0 Å². The molecule has 0 saturated carbocycles. The van der Waals surface area contributed by atoms with Crippen LogP contribution in [0.15, 0.2) is 210 Å². The predicted octanol–water partition coefficient (Wildman–Crippen LogP) is 13.1. The van der Waals surface area contributed by atoms with Gasteiger partial charge in [0, 0.05) is 40.5 Å². The predicted molar refractivity (Wildman–Crippen MR) is 248 cm³/mol. The molecule has 0 fully saturated rings. The van der Waals surface area contributed by atoms with Crippen LogP contribution in [0.4, 0.5) is 0 Å². The lowest BCUT2D eigenvalue weighted by Gasteiger charge is -2.25. The van der Waals surface area contributed by atoms with Gasteiger partial charge in [-0.25, -0.2) is 9.98 Å². The topological polar surface area (TPSA) is 62.5 Å². The minimum Gasteiger partial charge on any atom is -0.344 e. The molecule has 1 aliphatic rings. The highest BCUT2D eigenvalue weighted by atomic mass is 15.2. The van der Waals surface area contributed by atoms with Crippen molar-refractivity contribution in [1.29, 1.82) is 0 Å². The van der Waals surface area contributed by atoms with Gasteiger partial charge in [-0.15, -0.1) is 0 Å². The van der Waals surface area contributed by atoms with E-state index < -0.39 is 0 Å². The molecule has 1 aliphatic heterocycles. The lowest BCUT2D eigenvalue weighted by Crippen LogP contribution is -2.33. The Bertz CT molecular complexity index is 3040. The Balaban J connectivity index is 1.10. The van der Waals surface area contributed by atoms with E-state index in [1.54, 1.807) is 6.20 Å². The first-order valence-corrected chi connectivity index (χ1v) is 20.3. The molecule has 3 heterocycles. The van der Waals surface area contributed by atoms with Crippen molar-refractivity contribution in [3.8, 4) is 55.6 Å². The molecule has 0 amide bonds. The first kappa shape index (κ1) is 36.6. The van der Waals surface area contributed by atoms with Crippen molar-refractivity contribution >= 4 is 22.4 Å². The highest BCUT2D eigenvalue weighted by molar-refractivity contribution is 6.14. The SMILES string of the molecule is Cc1ccc(-c2ccc(C3N=C(c4ccc(-c5cccnc5)cc4)N=C(c4cc(-c5ccc(-c6ccccc6)cc5)cc(-c5cccc6ccccc56)c4)N3)cc2)c(C)n1. The maximum Gasteiger partial charge on any atom is 0.159 e. The van der Waals surface area contributed by atoms with E-state index in [0.29, 0.717) is 5.84 Å². The zero-order chi connectivity index (χ0) is 40.4. The summed E-state index contributed by atoms with van der Waals surface area (Å²) in [7, 11) is 0. The Morgan fingerprint density at radius 1 is 0.450 bits per heavy atom. The third-order valence-electron chi connectivity index (χ3n) is 11.3. The van der Waals surface area contributed by atoms with Crippen LogP contribution in [0.2, 0.25) is 0 Å². The van der Waals surface area contributed by atoms with Gasteiger partial charge < -0.3 is 5.32 Å². The Morgan fingerprint density at radius 2 is 1.07 bits per heavy atom. The largest absolute Gasteiger partial charge is 0.344 e. The Morgan fingerprint density at radius 3 is 1.82 bits per heavy atom. The maximum absolute atomic E-state index is 5.31. The van der Waals surface area contributed by atoms with E-state index in [-0.39, 0.29) is 6.17 Å². The van der Waals surface area contributed by atoms with E-state index in [1.807, 2.05) is 19.2 Å². The monoisotopic (exact) mass is 771 g/mol. The van der Waals surface area contributed by atoms with E-state index in [0.717, 1.165) is 72.9 Å². The average Bonchev–Trinajstić information content (AvgIpc) is 3.32. The first-order valence-electron chi connectivity index (χ1n) is 20.3. The van der Waals surface area contributed by atoms with E-state index in [4.69, 9.17) is 15.0 Å². The van der Waals surface area contributed by atoms with Crippen molar-refractivity contribution < 1.29 is 0 Å². The summed E-state index contributed by atoms with van der Waals surface area (Å²) in [5.74, 6) is 1.42. The molecule has 5 nitrogen and oxygen atoms in total. The molecular weight excluding hydrogens is 731 g/mol. The van der Waals surface area contributed by atoms with Gasteiger partial charge in [0.2, 0.25) is 0 Å². The van der Waals surface area contributed by atoms with E-state index >= 15 is 0 Å². The quantitative estimate of drug-likeness (QED) is 0.167. The molecule has 60 heavy (non-hydrogen) atoms. The Kier molecular flexibility index (Phi) is 9.68. The van der Waals surface area contributed by atoms with Gasteiger partial charge in [-0.3, -0.25) is 9.97 Å². The summed E-state index contributed by atoms with van der Waals surface area (Å²) in [6.45, 7) is 4.09. The van der Waals surface area contributed by atoms with Crippen LogP contribution in [0.5, 0.6) is 0 Å². The van der Waals surface area contributed by atoms with Crippen LogP contribution in [-0.4, -0.2) is 21.6 Å². The molecule has 286 valence electrons. The summed E-state index contributed by atoms with van der Waals surface area (Å²) >= 11 is 0. The maximum atomic E-state index is 5.31. The summed E-state index contributed by atoms with van der Waals surface area (Å²) in [5, 5.41) is 6.17. The van der Waals surface area contributed by atoms with Gasteiger partial charge in [0.25, 0.3) is 0 Å². The van der Waals surface area contributed by atoms with Crippen molar-refractivity contribution in [3.63, 3.8) is 0 Å². The van der Waals surface area contributed by atoms with Crippen molar-refractivity contribution in [3.05, 3.63) is 229 Å². The van der Waals surface area contributed by atoms with Crippen LogP contribution in [0.1, 0.15) is 34.2 Å². The number of fused-ring (bicyclic) bond motifs is 1. The highest BCUT2D eigenvalue weighted by Gasteiger charge is 2.23. The van der Waals surface area contributed by atoms with Gasteiger partial charge in [-0.1, -0.05) is 158 Å². The van der Waals surface area contributed by atoms with Crippen molar-refractivity contribution in [2.45, 2.75) is 20.0 Å². The fourth-order valence-electron chi connectivity index (χ4n) is 8.13. The average molecular weight is 772 g/mol. The van der Waals surface area contributed by atoms with E-state index in [2.05, 4.69) is 199 Å². The molecule has 1 N–H and O–H groups in total. The number of amidine groups is 2. The number of benzene rings is 7. The summed E-state index contributed by atoms with van der Waals surface area (Å²) in [6.07, 6.45) is 3.30. The second kappa shape index (κ2) is 15.9. The van der Waals surface area contributed by atoms with Crippen LogP contribution in [-0.2, 0) is 0 Å². The van der Waals surface area contributed by atoms with Crippen LogP contribution < -0.4 is 5.32 Å². The van der Waals surface area contributed by atoms with Gasteiger partial charge in [-0.2, -0.15) is 0 Å². The summed E-state index contributed by atoms with van der Waals surface area (Å²) in [6, 6.07) is 66.6. The number of nitrogens with one attached hydrogen (secondary N) is 1. The van der Waals surface area contributed by atoms with Crippen molar-refractivity contribution in [2.24, 2.45) is 9.98 Å². The van der Waals surface area contributed by atoms with Gasteiger partial charge in [0.15, 0.2) is 5.84 Å². The molecule has 1 atom stereocenters. The fourth-order valence-corrected chi connectivity index (χ4v) is 8.13. The number of rotatable bonds is 8. The molecule has 10 rings (SSSR count). The highest BCUT2D eigenvalue weighted by Crippen LogP contribution is 2.35. The molecule has 0 radical (unpaired) electrons. The molecule has 0 aliphatic carbocycles. The molecule has 5 heteroatoms. The summed E-state index contributed by atoms with van der Waals surface area (Å²) < 4.78 is 0. The molecule has 9 aromatic rings. The van der Waals surface area contributed by atoms with Crippen molar-refractivity contribution in [1.82, 2.24) is 15.3 Å². The Hall–Kier alpha value is -7.76. The zero-order valence-electron chi connectivity index (χ0n) is 33.4. The number of aryl methyl sites for hydroxylation is 2. The molecule has 0 saturated heterocycles.